The van der Waals surface area contributed by atoms with E-state index in [1.165, 1.54) is 29.5 Å². The molecule has 1 aromatic carbocycles. The Kier molecular flexibility index (Phi) is 9.05. The highest BCUT2D eigenvalue weighted by atomic mass is 127. The molecule has 1 saturated carbocycles. The van der Waals surface area contributed by atoms with Crippen molar-refractivity contribution in [2.75, 3.05) is 27.2 Å². The lowest BCUT2D eigenvalue weighted by atomic mass is 10.1. The molecule has 0 aromatic heterocycles. The van der Waals surface area contributed by atoms with Gasteiger partial charge in [0.25, 0.3) is 0 Å². The lowest BCUT2D eigenvalue weighted by Crippen LogP contribution is -2.46. The number of guanidine groups is 1. The van der Waals surface area contributed by atoms with E-state index in [4.69, 9.17) is 4.99 Å². The Balaban J connectivity index is 0.00000288. The monoisotopic (exact) mass is 444 g/mol. The van der Waals surface area contributed by atoms with E-state index in [1.54, 1.807) is 0 Å². The van der Waals surface area contributed by atoms with Gasteiger partial charge in [0.15, 0.2) is 5.96 Å². The molecule has 1 atom stereocenters. The van der Waals surface area contributed by atoms with Crippen molar-refractivity contribution in [2.45, 2.75) is 46.2 Å². The van der Waals surface area contributed by atoms with E-state index in [0.717, 1.165) is 31.5 Å². The van der Waals surface area contributed by atoms with Crippen LogP contribution in [-0.2, 0) is 6.54 Å². The SMILES string of the molecule is CCNC(=NCc1ccc(C)cc1C)NCC(C1CC1)N(C)C.I. The number of halogens is 1. The molecule has 0 radical (unpaired) electrons. The van der Waals surface area contributed by atoms with Gasteiger partial charge >= 0.3 is 0 Å². The number of rotatable bonds is 7. The molecule has 2 rings (SSSR count). The van der Waals surface area contributed by atoms with E-state index < -0.39 is 0 Å². The van der Waals surface area contributed by atoms with Crippen LogP contribution in [0.4, 0.5) is 0 Å². The number of nitrogens with zero attached hydrogens (tertiary/aromatic N) is 2. The maximum absolute atomic E-state index is 4.76. The van der Waals surface area contributed by atoms with E-state index in [1.807, 2.05) is 0 Å². The van der Waals surface area contributed by atoms with Crippen molar-refractivity contribution >= 4 is 29.9 Å². The fraction of sp³-hybridized carbons (Fsp3) is 0.632. The summed E-state index contributed by atoms with van der Waals surface area (Å²) in [7, 11) is 4.34. The average molecular weight is 444 g/mol. The zero-order chi connectivity index (χ0) is 16.8. The molecule has 0 bridgehead atoms. The summed E-state index contributed by atoms with van der Waals surface area (Å²) >= 11 is 0. The third kappa shape index (κ3) is 6.59. The second-order valence-corrected chi connectivity index (χ2v) is 6.87. The Morgan fingerprint density at radius 1 is 1.25 bits per heavy atom. The van der Waals surface area contributed by atoms with Crippen LogP contribution >= 0.6 is 24.0 Å². The van der Waals surface area contributed by atoms with Gasteiger partial charge in [-0.1, -0.05) is 23.8 Å². The van der Waals surface area contributed by atoms with Gasteiger partial charge in [0.2, 0.25) is 0 Å². The highest BCUT2D eigenvalue weighted by Crippen LogP contribution is 2.34. The molecular weight excluding hydrogens is 411 g/mol. The Morgan fingerprint density at radius 2 is 1.96 bits per heavy atom. The zero-order valence-corrected chi connectivity index (χ0v) is 18.1. The summed E-state index contributed by atoms with van der Waals surface area (Å²) in [6.07, 6.45) is 2.72. The molecule has 1 aliphatic rings. The van der Waals surface area contributed by atoms with Crippen molar-refractivity contribution in [1.29, 1.82) is 0 Å². The van der Waals surface area contributed by atoms with Gasteiger partial charge in [-0.05, 0) is 64.8 Å². The number of benzene rings is 1. The topological polar surface area (TPSA) is 39.7 Å². The summed E-state index contributed by atoms with van der Waals surface area (Å²) in [6, 6.07) is 7.16. The van der Waals surface area contributed by atoms with Crippen molar-refractivity contribution in [2.24, 2.45) is 10.9 Å². The van der Waals surface area contributed by atoms with E-state index in [0.29, 0.717) is 6.04 Å². The number of hydrogen-bond donors (Lipinski definition) is 2. The molecule has 0 amide bonds. The van der Waals surface area contributed by atoms with Crippen LogP contribution in [0.25, 0.3) is 0 Å². The van der Waals surface area contributed by atoms with Gasteiger partial charge in [-0.25, -0.2) is 4.99 Å². The van der Waals surface area contributed by atoms with Gasteiger partial charge in [0, 0.05) is 19.1 Å². The molecular formula is C19H33IN4. The van der Waals surface area contributed by atoms with Gasteiger partial charge in [-0.15, -0.1) is 24.0 Å². The Morgan fingerprint density at radius 3 is 2.50 bits per heavy atom. The van der Waals surface area contributed by atoms with E-state index in [-0.39, 0.29) is 24.0 Å². The van der Waals surface area contributed by atoms with Crippen LogP contribution in [0.3, 0.4) is 0 Å². The van der Waals surface area contributed by atoms with Crippen LogP contribution in [0.5, 0.6) is 0 Å². The van der Waals surface area contributed by atoms with Gasteiger partial charge in [-0.2, -0.15) is 0 Å². The minimum atomic E-state index is 0. The van der Waals surface area contributed by atoms with Crippen LogP contribution in [0.1, 0.15) is 36.5 Å². The quantitative estimate of drug-likeness (QED) is 0.385. The molecule has 0 saturated heterocycles. The molecule has 2 N–H and O–H groups in total. The van der Waals surface area contributed by atoms with Crippen LogP contribution in [0.15, 0.2) is 23.2 Å². The summed E-state index contributed by atoms with van der Waals surface area (Å²) in [6.45, 7) is 8.96. The van der Waals surface area contributed by atoms with E-state index in [9.17, 15) is 0 Å². The molecule has 0 aliphatic heterocycles. The number of hydrogen-bond acceptors (Lipinski definition) is 2. The fourth-order valence-electron chi connectivity index (χ4n) is 2.98. The molecule has 1 unspecified atom stereocenters. The lowest BCUT2D eigenvalue weighted by molar-refractivity contribution is 0.264. The van der Waals surface area contributed by atoms with Gasteiger partial charge in [0.1, 0.15) is 0 Å². The number of aryl methyl sites for hydroxylation is 2. The van der Waals surface area contributed by atoms with Crippen molar-refractivity contribution < 1.29 is 0 Å². The molecule has 1 fully saturated rings. The third-order valence-corrected chi connectivity index (χ3v) is 4.56. The Labute approximate surface area is 164 Å². The van der Waals surface area contributed by atoms with Gasteiger partial charge < -0.3 is 15.5 Å². The summed E-state index contributed by atoms with van der Waals surface area (Å²) in [4.78, 5) is 7.09. The van der Waals surface area contributed by atoms with Crippen LogP contribution in [-0.4, -0.2) is 44.1 Å². The standard InChI is InChI=1S/C19H32N4.HI/c1-6-20-19(22-13-18(23(4)5)16-9-10-16)21-12-17-8-7-14(2)11-15(17)3;/h7-8,11,16,18H,6,9-10,12-13H2,1-5H3,(H2,20,21,22);1H. The second kappa shape index (κ2) is 10.2. The first-order valence-electron chi connectivity index (χ1n) is 8.76. The smallest absolute Gasteiger partial charge is 0.191 e. The number of nitrogens with one attached hydrogen (secondary N) is 2. The largest absolute Gasteiger partial charge is 0.357 e. The maximum atomic E-state index is 4.76. The number of aliphatic imine (C=N–C) groups is 1. The average Bonchev–Trinajstić information content (AvgIpc) is 3.30. The zero-order valence-electron chi connectivity index (χ0n) is 15.7. The summed E-state index contributed by atoms with van der Waals surface area (Å²) in [5, 5.41) is 6.88. The summed E-state index contributed by atoms with van der Waals surface area (Å²) < 4.78 is 0. The molecule has 24 heavy (non-hydrogen) atoms. The molecule has 1 aromatic rings. The summed E-state index contributed by atoms with van der Waals surface area (Å²) in [5.74, 6) is 1.76. The van der Waals surface area contributed by atoms with Gasteiger partial charge in [-0.3, -0.25) is 0 Å². The van der Waals surface area contributed by atoms with Crippen molar-refractivity contribution in [3.63, 3.8) is 0 Å². The molecule has 0 spiro atoms. The third-order valence-electron chi connectivity index (χ3n) is 4.56. The first-order valence-corrected chi connectivity index (χ1v) is 8.76. The van der Waals surface area contributed by atoms with E-state index in [2.05, 4.69) is 68.6 Å². The van der Waals surface area contributed by atoms with Crippen molar-refractivity contribution in [3.8, 4) is 0 Å². The van der Waals surface area contributed by atoms with Crippen molar-refractivity contribution in [1.82, 2.24) is 15.5 Å². The maximum Gasteiger partial charge on any atom is 0.191 e. The van der Waals surface area contributed by atoms with Gasteiger partial charge in [0.05, 0.1) is 6.54 Å². The fourth-order valence-corrected chi connectivity index (χ4v) is 2.98. The minimum absolute atomic E-state index is 0. The van der Waals surface area contributed by atoms with Crippen LogP contribution in [0.2, 0.25) is 0 Å². The molecule has 4 nitrogen and oxygen atoms in total. The highest BCUT2D eigenvalue weighted by Gasteiger charge is 2.32. The Hall–Kier alpha value is -0.820. The van der Waals surface area contributed by atoms with Crippen LogP contribution < -0.4 is 10.6 Å². The molecule has 0 heterocycles. The molecule has 136 valence electrons. The first-order chi connectivity index (χ1) is 11.0. The molecule has 1 aliphatic carbocycles. The normalized spacial score (nSPS) is 15.8. The minimum Gasteiger partial charge on any atom is -0.357 e. The number of likely N-dealkylation sites (N-methyl/N-ethyl adjacent to an activating group) is 1. The molecule has 5 heteroatoms. The Bertz CT molecular complexity index is 536. The lowest BCUT2D eigenvalue weighted by Gasteiger charge is -2.25. The predicted molar refractivity (Wildman–Crippen MR) is 114 cm³/mol. The second-order valence-electron chi connectivity index (χ2n) is 6.87. The van der Waals surface area contributed by atoms with Crippen LogP contribution in [0, 0.1) is 19.8 Å². The van der Waals surface area contributed by atoms with E-state index >= 15 is 0 Å². The highest BCUT2D eigenvalue weighted by molar-refractivity contribution is 14.0. The summed E-state index contributed by atoms with van der Waals surface area (Å²) in [5.41, 5.74) is 3.91. The predicted octanol–water partition coefficient (Wildman–Crippen LogP) is 3.32. The van der Waals surface area contributed by atoms with Crippen molar-refractivity contribution in [3.05, 3.63) is 34.9 Å². The first kappa shape index (κ1) is 21.2.